The third kappa shape index (κ3) is 7.17. The molecule has 0 atom stereocenters. The van der Waals surface area contributed by atoms with Crippen LogP contribution in [0.5, 0.6) is 0 Å². The Morgan fingerprint density at radius 1 is 1.24 bits per heavy atom. The average Bonchev–Trinajstić information content (AvgIpc) is 2.42. The zero-order chi connectivity index (χ0) is 19.4. The molecule has 1 aromatic carbocycles. The normalized spacial score (nSPS) is 12.3. The van der Waals surface area contributed by atoms with Gasteiger partial charge < -0.3 is 10.2 Å². The van der Waals surface area contributed by atoms with Crippen LogP contribution in [0, 0.1) is 0 Å². The third-order valence-corrected chi connectivity index (χ3v) is 3.32. The summed E-state index contributed by atoms with van der Waals surface area (Å²) in [4.78, 5) is 24.9. The second kappa shape index (κ2) is 7.91. The van der Waals surface area contributed by atoms with Crippen molar-refractivity contribution < 1.29 is 22.8 Å². The Hall–Kier alpha value is -2.02. The van der Waals surface area contributed by atoms with E-state index < -0.39 is 28.2 Å². The van der Waals surface area contributed by atoms with Gasteiger partial charge in [0.2, 0.25) is 11.8 Å². The lowest BCUT2D eigenvalue weighted by Crippen LogP contribution is -2.46. The molecule has 2 amide bonds. The zero-order valence-electron chi connectivity index (χ0n) is 14.4. The number of carbonyl (C=O) groups is 2. The van der Waals surface area contributed by atoms with Crippen LogP contribution in [0.2, 0.25) is 5.02 Å². The summed E-state index contributed by atoms with van der Waals surface area (Å²) in [6, 6.07) is 3.35. The van der Waals surface area contributed by atoms with E-state index in [2.05, 4.69) is 5.32 Å². The monoisotopic (exact) mass is 376 g/mol. The van der Waals surface area contributed by atoms with Gasteiger partial charge in [0, 0.05) is 18.7 Å². The molecule has 0 bridgehead atoms. The van der Waals surface area contributed by atoms with Gasteiger partial charge in [-0.15, -0.1) is 0 Å². The van der Waals surface area contributed by atoms with Crippen LogP contribution in [-0.2, 0) is 15.8 Å². The standard InChI is InChI=1S/C17H20ClF3N2O2/c1-16(2,3)22-14(24)10-23(4)15(25)8-6-11-5-7-13(18)12(9-11)17(19,20)21/h5-9H,10H2,1-4H3,(H,22,24). The van der Waals surface area contributed by atoms with E-state index in [1.54, 1.807) is 0 Å². The number of nitrogens with zero attached hydrogens (tertiary/aromatic N) is 1. The lowest BCUT2D eigenvalue weighted by Gasteiger charge is -2.22. The van der Waals surface area contributed by atoms with E-state index in [0.29, 0.717) is 0 Å². The maximum atomic E-state index is 12.8. The topological polar surface area (TPSA) is 49.4 Å². The maximum Gasteiger partial charge on any atom is 0.417 e. The van der Waals surface area contributed by atoms with E-state index in [-0.39, 0.29) is 18.0 Å². The lowest BCUT2D eigenvalue weighted by molar-refractivity contribution is -0.137. The van der Waals surface area contributed by atoms with Crippen LogP contribution in [0.1, 0.15) is 31.9 Å². The Labute approximate surface area is 149 Å². The Kier molecular flexibility index (Phi) is 6.65. The number of nitrogens with one attached hydrogen (secondary N) is 1. The molecule has 0 aliphatic carbocycles. The van der Waals surface area contributed by atoms with Crippen LogP contribution in [0.4, 0.5) is 13.2 Å². The summed E-state index contributed by atoms with van der Waals surface area (Å²) >= 11 is 5.54. The number of carbonyl (C=O) groups excluding carboxylic acids is 2. The van der Waals surface area contributed by atoms with Crippen molar-refractivity contribution in [2.45, 2.75) is 32.5 Å². The van der Waals surface area contributed by atoms with Gasteiger partial charge in [-0.05, 0) is 44.5 Å². The first-order valence-electron chi connectivity index (χ1n) is 7.40. The third-order valence-electron chi connectivity index (χ3n) is 2.99. The molecule has 0 aliphatic rings. The highest BCUT2D eigenvalue weighted by Gasteiger charge is 2.33. The molecule has 0 saturated carbocycles. The number of hydrogen-bond donors (Lipinski definition) is 1. The molecule has 0 heterocycles. The molecular formula is C17H20ClF3N2O2. The van der Waals surface area contributed by atoms with Gasteiger partial charge in [-0.1, -0.05) is 17.7 Å². The van der Waals surface area contributed by atoms with Crippen LogP contribution in [0.15, 0.2) is 24.3 Å². The predicted molar refractivity (Wildman–Crippen MR) is 91.0 cm³/mol. The molecule has 0 radical (unpaired) electrons. The number of rotatable bonds is 4. The highest BCUT2D eigenvalue weighted by atomic mass is 35.5. The molecule has 0 spiro atoms. The summed E-state index contributed by atoms with van der Waals surface area (Å²) in [6.45, 7) is 5.27. The fourth-order valence-corrected chi connectivity index (χ4v) is 2.13. The lowest BCUT2D eigenvalue weighted by atomic mass is 10.1. The predicted octanol–water partition coefficient (Wildman–Crippen LogP) is 3.75. The van der Waals surface area contributed by atoms with Gasteiger partial charge in [-0.25, -0.2) is 0 Å². The van der Waals surface area contributed by atoms with E-state index in [1.807, 2.05) is 20.8 Å². The average molecular weight is 377 g/mol. The van der Waals surface area contributed by atoms with Crippen molar-refractivity contribution in [1.82, 2.24) is 10.2 Å². The van der Waals surface area contributed by atoms with E-state index in [9.17, 15) is 22.8 Å². The van der Waals surface area contributed by atoms with Crippen LogP contribution in [0.25, 0.3) is 6.08 Å². The second-order valence-corrected chi connectivity index (χ2v) is 6.97. The van der Waals surface area contributed by atoms with Crippen LogP contribution in [-0.4, -0.2) is 35.8 Å². The zero-order valence-corrected chi connectivity index (χ0v) is 15.1. The fourth-order valence-electron chi connectivity index (χ4n) is 1.91. The van der Waals surface area contributed by atoms with Crippen molar-refractivity contribution in [3.63, 3.8) is 0 Å². The first kappa shape index (κ1) is 21.0. The van der Waals surface area contributed by atoms with Crippen molar-refractivity contribution >= 4 is 29.5 Å². The van der Waals surface area contributed by atoms with Gasteiger partial charge in [0.05, 0.1) is 17.1 Å². The molecule has 8 heteroatoms. The number of halogens is 4. The van der Waals surface area contributed by atoms with Crippen molar-refractivity contribution in [2.75, 3.05) is 13.6 Å². The van der Waals surface area contributed by atoms with Gasteiger partial charge in [0.1, 0.15) is 0 Å². The second-order valence-electron chi connectivity index (χ2n) is 6.56. The summed E-state index contributed by atoms with van der Waals surface area (Å²) in [5.41, 5.74) is -1.21. The van der Waals surface area contributed by atoms with Gasteiger partial charge in [-0.3, -0.25) is 9.59 Å². The Bertz CT molecular complexity index is 679. The Morgan fingerprint density at radius 2 is 1.84 bits per heavy atom. The minimum Gasteiger partial charge on any atom is -0.350 e. The summed E-state index contributed by atoms with van der Waals surface area (Å²) in [7, 11) is 1.43. The maximum absolute atomic E-state index is 12.8. The van der Waals surface area contributed by atoms with E-state index in [0.717, 1.165) is 23.1 Å². The van der Waals surface area contributed by atoms with Gasteiger partial charge >= 0.3 is 6.18 Å². The summed E-state index contributed by atoms with van der Waals surface area (Å²) in [5.74, 6) is -0.838. The molecule has 0 unspecified atom stereocenters. The largest absolute Gasteiger partial charge is 0.417 e. The minimum absolute atomic E-state index is 0.158. The molecule has 25 heavy (non-hydrogen) atoms. The number of hydrogen-bond acceptors (Lipinski definition) is 2. The summed E-state index contributed by atoms with van der Waals surface area (Å²) in [5, 5.41) is 2.30. The molecule has 0 saturated heterocycles. The van der Waals surface area contributed by atoms with E-state index in [1.165, 1.54) is 19.2 Å². The molecule has 138 valence electrons. The Morgan fingerprint density at radius 3 is 2.36 bits per heavy atom. The molecule has 0 fully saturated rings. The molecule has 4 nitrogen and oxygen atoms in total. The first-order valence-corrected chi connectivity index (χ1v) is 7.78. The van der Waals surface area contributed by atoms with Crippen LogP contribution < -0.4 is 5.32 Å². The van der Waals surface area contributed by atoms with Crippen molar-refractivity contribution in [2.24, 2.45) is 0 Å². The smallest absolute Gasteiger partial charge is 0.350 e. The van der Waals surface area contributed by atoms with Crippen molar-refractivity contribution in [3.8, 4) is 0 Å². The molecule has 1 rings (SSSR count). The molecule has 0 aliphatic heterocycles. The first-order chi connectivity index (χ1) is 11.3. The van der Waals surface area contributed by atoms with Crippen molar-refractivity contribution in [3.05, 3.63) is 40.4 Å². The molecule has 1 aromatic rings. The Balaban J connectivity index is 2.78. The van der Waals surface area contributed by atoms with Gasteiger partial charge in [-0.2, -0.15) is 13.2 Å². The van der Waals surface area contributed by atoms with Crippen LogP contribution in [0.3, 0.4) is 0 Å². The molecule has 1 N–H and O–H groups in total. The van der Waals surface area contributed by atoms with E-state index >= 15 is 0 Å². The molecule has 0 aromatic heterocycles. The van der Waals surface area contributed by atoms with E-state index in [4.69, 9.17) is 11.6 Å². The summed E-state index contributed by atoms with van der Waals surface area (Å²) < 4.78 is 38.4. The summed E-state index contributed by atoms with van der Waals surface area (Å²) in [6.07, 6.45) is -2.23. The highest BCUT2D eigenvalue weighted by molar-refractivity contribution is 6.31. The number of likely N-dealkylation sites (N-methyl/N-ethyl adjacent to an activating group) is 1. The quantitative estimate of drug-likeness (QED) is 0.814. The SMILES string of the molecule is CN(CC(=O)NC(C)(C)C)C(=O)C=Cc1ccc(Cl)c(C(F)(F)F)c1. The van der Waals surface area contributed by atoms with Crippen LogP contribution >= 0.6 is 11.6 Å². The molecular weight excluding hydrogens is 357 g/mol. The number of alkyl halides is 3. The van der Waals surface area contributed by atoms with Gasteiger partial charge in [0.25, 0.3) is 0 Å². The van der Waals surface area contributed by atoms with Crippen molar-refractivity contribution in [1.29, 1.82) is 0 Å². The number of amides is 2. The number of benzene rings is 1. The van der Waals surface area contributed by atoms with Gasteiger partial charge in [0.15, 0.2) is 0 Å². The minimum atomic E-state index is -4.58. The highest BCUT2D eigenvalue weighted by Crippen LogP contribution is 2.35. The fraction of sp³-hybridized carbons (Fsp3) is 0.412.